The summed E-state index contributed by atoms with van der Waals surface area (Å²) < 4.78 is 4.79. The predicted molar refractivity (Wildman–Crippen MR) is 73.4 cm³/mol. The van der Waals surface area contributed by atoms with Crippen LogP contribution in [0.5, 0.6) is 0 Å². The fourth-order valence-electron chi connectivity index (χ4n) is 1.82. The second kappa shape index (κ2) is 6.55. The fraction of sp³-hybridized carbons (Fsp3) is 0.533. The average molecular weight is 249 g/mol. The van der Waals surface area contributed by atoms with E-state index in [1.165, 1.54) is 12.7 Å². The van der Waals surface area contributed by atoms with Gasteiger partial charge in [0.15, 0.2) is 0 Å². The molecular weight excluding hydrogens is 226 g/mol. The molecule has 1 rings (SSSR count). The van der Waals surface area contributed by atoms with Gasteiger partial charge in [-0.2, -0.15) is 0 Å². The molecule has 0 spiro atoms. The Morgan fingerprint density at radius 3 is 2.50 bits per heavy atom. The molecule has 0 aliphatic rings. The molecule has 100 valence electrons. The summed E-state index contributed by atoms with van der Waals surface area (Å²) in [6, 6.07) is 10.7. The molecule has 0 saturated carbocycles. The zero-order valence-corrected chi connectivity index (χ0v) is 11.7. The topological polar surface area (TPSA) is 38.3 Å². The van der Waals surface area contributed by atoms with Gasteiger partial charge in [0.1, 0.15) is 0 Å². The molecular formula is C15H23NO2. The highest BCUT2D eigenvalue weighted by atomic mass is 16.5. The molecule has 0 heterocycles. The number of methoxy groups -OCH3 is 1. The van der Waals surface area contributed by atoms with Crippen LogP contribution in [-0.2, 0) is 16.0 Å². The van der Waals surface area contributed by atoms with Crippen LogP contribution in [0.3, 0.4) is 0 Å². The second-order valence-electron chi connectivity index (χ2n) is 5.35. The van der Waals surface area contributed by atoms with E-state index in [0.29, 0.717) is 12.6 Å². The van der Waals surface area contributed by atoms with Gasteiger partial charge in [-0.15, -0.1) is 0 Å². The smallest absolute Gasteiger partial charge is 0.312 e. The number of esters is 1. The maximum absolute atomic E-state index is 11.5. The zero-order chi connectivity index (χ0) is 13.6. The Morgan fingerprint density at radius 2 is 1.94 bits per heavy atom. The SMILES string of the molecule is COC(=O)C(C)(C)CNC(C)Cc1ccccc1. The molecule has 1 aromatic rings. The summed E-state index contributed by atoms with van der Waals surface area (Å²) in [6.07, 6.45) is 0.956. The van der Waals surface area contributed by atoms with Crippen LogP contribution >= 0.6 is 0 Å². The summed E-state index contributed by atoms with van der Waals surface area (Å²) in [5, 5.41) is 3.39. The first kappa shape index (κ1) is 14.7. The summed E-state index contributed by atoms with van der Waals surface area (Å²) in [6.45, 7) is 6.52. The Hall–Kier alpha value is -1.35. The van der Waals surface area contributed by atoms with Crippen molar-refractivity contribution in [1.29, 1.82) is 0 Å². The first-order valence-electron chi connectivity index (χ1n) is 6.31. The molecule has 0 saturated heterocycles. The van der Waals surface area contributed by atoms with Gasteiger partial charge in [-0.05, 0) is 32.8 Å². The van der Waals surface area contributed by atoms with Crippen molar-refractivity contribution >= 4 is 5.97 Å². The third kappa shape index (κ3) is 4.49. The highest BCUT2D eigenvalue weighted by molar-refractivity contribution is 5.76. The van der Waals surface area contributed by atoms with Crippen molar-refractivity contribution in [3.63, 3.8) is 0 Å². The second-order valence-corrected chi connectivity index (χ2v) is 5.35. The highest BCUT2D eigenvalue weighted by Gasteiger charge is 2.28. The lowest BCUT2D eigenvalue weighted by Crippen LogP contribution is -2.41. The molecule has 18 heavy (non-hydrogen) atoms. The van der Waals surface area contributed by atoms with E-state index >= 15 is 0 Å². The zero-order valence-electron chi connectivity index (χ0n) is 11.7. The standard InChI is InChI=1S/C15H23NO2/c1-12(10-13-8-6-5-7-9-13)16-11-15(2,3)14(17)18-4/h5-9,12,16H,10-11H2,1-4H3. The molecule has 1 unspecified atom stereocenters. The van der Waals surface area contributed by atoms with Crippen molar-refractivity contribution in [2.24, 2.45) is 5.41 Å². The average Bonchev–Trinajstić information content (AvgIpc) is 2.36. The van der Waals surface area contributed by atoms with E-state index in [9.17, 15) is 4.79 Å². The van der Waals surface area contributed by atoms with Crippen LogP contribution in [0.25, 0.3) is 0 Å². The summed E-state index contributed by atoms with van der Waals surface area (Å²) >= 11 is 0. The minimum absolute atomic E-state index is 0.179. The van der Waals surface area contributed by atoms with Gasteiger partial charge >= 0.3 is 5.97 Å². The van der Waals surface area contributed by atoms with E-state index in [1.807, 2.05) is 32.0 Å². The molecule has 0 aliphatic heterocycles. The Morgan fingerprint density at radius 1 is 1.33 bits per heavy atom. The van der Waals surface area contributed by atoms with E-state index < -0.39 is 5.41 Å². The molecule has 1 N–H and O–H groups in total. The molecule has 0 aliphatic carbocycles. The maximum atomic E-state index is 11.5. The van der Waals surface area contributed by atoms with Crippen LogP contribution in [0.1, 0.15) is 26.3 Å². The van der Waals surface area contributed by atoms with Crippen LogP contribution in [-0.4, -0.2) is 25.7 Å². The molecule has 3 nitrogen and oxygen atoms in total. The summed E-state index contributed by atoms with van der Waals surface area (Å²) in [4.78, 5) is 11.5. The number of benzene rings is 1. The Labute approximate surface area is 110 Å². The van der Waals surface area contributed by atoms with E-state index in [4.69, 9.17) is 4.74 Å². The van der Waals surface area contributed by atoms with Gasteiger partial charge in [0, 0.05) is 12.6 Å². The van der Waals surface area contributed by atoms with Crippen molar-refractivity contribution in [3.05, 3.63) is 35.9 Å². The van der Waals surface area contributed by atoms with Gasteiger partial charge in [0.05, 0.1) is 12.5 Å². The maximum Gasteiger partial charge on any atom is 0.312 e. The van der Waals surface area contributed by atoms with Crippen LogP contribution in [0.4, 0.5) is 0 Å². The van der Waals surface area contributed by atoms with E-state index in [-0.39, 0.29) is 5.97 Å². The van der Waals surface area contributed by atoms with Crippen molar-refractivity contribution < 1.29 is 9.53 Å². The molecule has 3 heteroatoms. The predicted octanol–water partition coefficient (Wildman–Crippen LogP) is 2.41. The number of carbonyl (C=O) groups excluding carboxylic acids is 1. The first-order chi connectivity index (χ1) is 8.45. The van der Waals surface area contributed by atoms with Crippen molar-refractivity contribution in [1.82, 2.24) is 5.32 Å². The first-order valence-corrected chi connectivity index (χ1v) is 6.31. The third-order valence-electron chi connectivity index (χ3n) is 3.02. The summed E-state index contributed by atoms with van der Waals surface area (Å²) in [5.41, 5.74) is 0.813. The van der Waals surface area contributed by atoms with Crippen molar-refractivity contribution in [3.8, 4) is 0 Å². The quantitative estimate of drug-likeness (QED) is 0.787. The van der Waals surface area contributed by atoms with Gasteiger partial charge in [0.2, 0.25) is 0 Å². The molecule has 0 fully saturated rings. The number of carbonyl (C=O) groups is 1. The summed E-state index contributed by atoms with van der Waals surface area (Å²) in [5.74, 6) is -0.179. The lowest BCUT2D eigenvalue weighted by molar-refractivity contribution is -0.150. The van der Waals surface area contributed by atoms with Crippen molar-refractivity contribution in [2.45, 2.75) is 33.2 Å². The van der Waals surface area contributed by atoms with Gasteiger partial charge in [-0.3, -0.25) is 4.79 Å². The molecule has 0 radical (unpaired) electrons. The van der Waals surface area contributed by atoms with E-state index in [1.54, 1.807) is 0 Å². The largest absolute Gasteiger partial charge is 0.469 e. The number of hydrogen-bond acceptors (Lipinski definition) is 3. The van der Waals surface area contributed by atoms with E-state index in [2.05, 4.69) is 24.4 Å². The number of nitrogens with one attached hydrogen (secondary N) is 1. The minimum atomic E-state index is -0.486. The third-order valence-corrected chi connectivity index (χ3v) is 3.02. The van der Waals surface area contributed by atoms with Crippen LogP contribution in [0, 0.1) is 5.41 Å². The Bertz CT molecular complexity index is 373. The fourth-order valence-corrected chi connectivity index (χ4v) is 1.82. The van der Waals surface area contributed by atoms with Crippen LogP contribution in [0.2, 0.25) is 0 Å². The molecule has 1 atom stereocenters. The molecule has 1 aromatic carbocycles. The minimum Gasteiger partial charge on any atom is -0.469 e. The summed E-state index contributed by atoms with van der Waals surface area (Å²) in [7, 11) is 1.43. The number of hydrogen-bond donors (Lipinski definition) is 1. The van der Waals surface area contributed by atoms with Gasteiger partial charge in [-0.25, -0.2) is 0 Å². The van der Waals surface area contributed by atoms with Crippen LogP contribution < -0.4 is 5.32 Å². The normalized spacial score (nSPS) is 13.1. The van der Waals surface area contributed by atoms with Gasteiger partial charge < -0.3 is 10.1 Å². The molecule has 0 aromatic heterocycles. The van der Waals surface area contributed by atoms with Gasteiger partial charge in [-0.1, -0.05) is 30.3 Å². The van der Waals surface area contributed by atoms with Gasteiger partial charge in [0.25, 0.3) is 0 Å². The lowest BCUT2D eigenvalue weighted by atomic mass is 9.93. The van der Waals surface area contributed by atoms with Crippen LogP contribution in [0.15, 0.2) is 30.3 Å². The van der Waals surface area contributed by atoms with E-state index in [0.717, 1.165) is 6.42 Å². The monoisotopic (exact) mass is 249 g/mol. The number of ether oxygens (including phenoxy) is 1. The Kier molecular flexibility index (Phi) is 5.35. The molecule has 0 amide bonds. The molecule has 0 bridgehead atoms. The lowest BCUT2D eigenvalue weighted by Gasteiger charge is -2.24. The highest BCUT2D eigenvalue weighted by Crippen LogP contribution is 2.16. The number of rotatable bonds is 6. The Balaban J connectivity index is 2.42. The van der Waals surface area contributed by atoms with Crippen molar-refractivity contribution in [2.75, 3.05) is 13.7 Å².